The molecule has 0 amide bonds. The number of aryl methyl sites for hydroxylation is 1. The summed E-state index contributed by atoms with van der Waals surface area (Å²) in [6.45, 7) is 5.93. The van der Waals surface area contributed by atoms with Crippen molar-refractivity contribution in [2.45, 2.75) is 26.8 Å². The van der Waals surface area contributed by atoms with Crippen LogP contribution in [-0.2, 0) is 6.54 Å². The number of nitrogen functional groups attached to an aromatic ring is 1. The third kappa shape index (κ3) is 3.51. The van der Waals surface area contributed by atoms with Gasteiger partial charge in [0.2, 0.25) is 0 Å². The fourth-order valence-corrected chi connectivity index (χ4v) is 2.89. The number of hydrogen-bond donors (Lipinski definition) is 1. The van der Waals surface area contributed by atoms with Gasteiger partial charge in [-0.05, 0) is 52.5 Å². The lowest BCUT2D eigenvalue weighted by Crippen LogP contribution is -2.25. The second-order valence-electron chi connectivity index (χ2n) is 4.94. The lowest BCUT2D eigenvalue weighted by molar-refractivity contribution is 0.753. The molecule has 0 radical (unpaired) electrons. The van der Waals surface area contributed by atoms with Gasteiger partial charge in [0, 0.05) is 25.0 Å². The van der Waals surface area contributed by atoms with Crippen LogP contribution >= 0.6 is 15.9 Å². The van der Waals surface area contributed by atoms with Gasteiger partial charge in [0.05, 0.1) is 4.47 Å². The van der Waals surface area contributed by atoms with Crippen LogP contribution in [-0.4, -0.2) is 11.5 Å². The molecule has 0 spiro atoms. The number of anilines is 2. The van der Waals surface area contributed by atoms with Crippen molar-refractivity contribution in [1.29, 1.82) is 0 Å². The highest BCUT2D eigenvalue weighted by atomic mass is 79.9. The van der Waals surface area contributed by atoms with Crippen molar-refractivity contribution in [3.05, 3.63) is 52.1 Å². The van der Waals surface area contributed by atoms with E-state index in [0.29, 0.717) is 0 Å². The number of benzene rings is 1. The fourth-order valence-electron chi connectivity index (χ4n) is 2.17. The number of halogens is 1. The van der Waals surface area contributed by atoms with Gasteiger partial charge >= 0.3 is 0 Å². The van der Waals surface area contributed by atoms with Crippen LogP contribution in [0.15, 0.2) is 41.0 Å². The van der Waals surface area contributed by atoms with Crippen LogP contribution in [0.3, 0.4) is 0 Å². The number of hydrogen-bond acceptors (Lipinski definition) is 3. The maximum atomic E-state index is 6.05. The molecule has 0 saturated heterocycles. The number of nitrogens with zero attached hydrogens (tertiary/aromatic N) is 2. The van der Waals surface area contributed by atoms with Crippen LogP contribution in [0.1, 0.15) is 24.5 Å². The lowest BCUT2D eigenvalue weighted by Gasteiger charge is -2.25. The van der Waals surface area contributed by atoms with Gasteiger partial charge in [-0.15, -0.1) is 0 Å². The van der Waals surface area contributed by atoms with Gasteiger partial charge in [0.15, 0.2) is 0 Å². The second-order valence-corrected chi connectivity index (χ2v) is 5.79. The Bertz CT molecular complexity index is 584. The molecule has 0 saturated carbocycles. The molecule has 0 bridgehead atoms. The van der Waals surface area contributed by atoms with Crippen molar-refractivity contribution in [1.82, 2.24) is 4.98 Å². The van der Waals surface area contributed by atoms with E-state index >= 15 is 0 Å². The van der Waals surface area contributed by atoms with Crippen molar-refractivity contribution in [3.8, 4) is 0 Å². The van der Waals surface area contributed by atoms with Crippen LogP contribution in [0.5, 0.6) is 0 Å². The molecule has 2 aromatic rings. The summed E-state index contributed by atoms with van der Waals surface area (Å²) in [5, 5.41) is 0. The summed E-state index contributed by atoms with van der Waals surface area (Å²) >= 11 is 3.61. The average Bonchev–Trinajstić information content (AvgIpc) is 2.41. The summed E-state index contributed by atoms with van der Waals surface area (Å²) in [5.41, 5.74) is 9.16. The Morgan fingerprint density at radius 2 is 2.05 bits per heavy atom. The van der Waals surface area contributed by atoms with Gasteiger partial charge in [-0.1, -0.05) is 25.1 Å². The summed E-state index contributed by atoms with van der Waals surface area (Å²) in [5.74, 6) is 0.973. The zero-order valence-electron chi connectivity index (χ0n) is 11.9. The molecule has 3 nitrogen and oxygen atoms in total. The first-order valence-electron chi connectivity index (χ1n) is 6.82. The quantitative estimate of drug-likeness (QED) is 0.835. The van der Waals surface area contributed by atoms with Crippen molar-refractivity contribution < 1.29 is 0 Å². The Morgan fingerprint density at radius 1 is 1.30 bits per heavy atom. The molecule has 0 fully saturated rings. The summed E-state index contributed by atoms with van der Waals surface area (Å²) < 4.78 is 1.03. The molecule has 2 rings (SSSR count). The number of rotatable bonds is 5. The number of aromatic nitrogens is 1. The van der Waals surface area contributed by atoms with E-state index in [0.717, 1.165) is 46.6 Å². The van der Waals surface area contributed by atoms with E-state index < -0.39 is 0 Å². The predicted molar refractivity (Wildman–Crippen MR) is 88.9 cm³/mol. The highest BCUT2D eigenvalue weighted by Gasteiger charge is 2.13. The minimum Gasteiger partial charge on any atom is -0.398 e. The molecular weight excluding hydrogens is 314 g/mol. The molecule has 1 aromatic heterocycles. The topological polar surface area (TPSA) is 42.1 Å². The van der Waals surface area contributed by atoms with Gasteiger partial charge in [-0.2, -0.15) is 0 Å². The zero-order chi connectivity index (χ0) is 14.5. The van der Waals surface area contributed by atoms with E-state index in [1.807, 2.05) is 31.3 Å². The first kappa shape index (κ1) is 14.9. The molecule has 0 unspecified atom stereocenters. The summed E-state index contributed by atoms with van der Waals surface area (Å²) in [6.07, 6.45) is 2.96. The van der Waals surface area contributed by atoms with Gasteiger partial charge in [-0.25, -0.2) is 4.98 Å². The normalized spacial score (nSPS) is 10.6. The Kier molecular flexibility index (Phi) is 5.01. The largest absolute Gasteiger partial charge is 0.398 e. The first-order chi connectivity index (χ1) is 9.61. The van der Waals surface area contributed by atoms with Crippen LogP contribution in [0.4, 0.5) is 11.5 Å². The maximum Gasteiger partial charge on any atom is 0.143 e. The van der Waals surface area contributed by atoms with E-state index in [1.54, 1.807) is 0 Å². The number of para-hydroxylation sites is 1. The number of pyridine rings is 1. The van der Waals surface area contributed by atoms with Crippen molar-refractivity contribution in [2.24, 2.45) is 0 Å². The molecule has 1 heterocycles. The standard InChI is InChI=1S/C16H20BrN3/c1-3-8-20(11-13-6-4-5-7-15(13)18)16-14(17)9-12(2)10-19-16/h4-7,9-10H,3,8,11,18H2,1-2H3. The minimum atomic E-state index is 0.773. The first-order valence-corrected chi connectivity index (χ1v) is 7.61. The van der Waals surface area contributed by atoms with Crippen LogP contribution in [0.2, 0.25) is 0 Å². The second kappa shape index (κ2) is 6.75. The lowest BCUT2D eigenvalue weighted by atomic mass is 10.1. The monoisotopic (exact) mass is 333 g/mol. The molecule has 4 heteroatoms. The van der Waals surface area contributed by atoms with E-state index in [4.69, 9.17) is 5.73 Å². The zero-order valence-corrected chi connectivity index (χ0v) is 13.5. The highest BCUT2D eigenvalue weighted by molar-refractivity contribution is 9.10. The van der Waals surface area contributed by atoms with E-state index in [2.05, 4.69) is 44.9 Å². The third-order valence-corrected chi connectivity index (χ3v) is 3.75. The van der Waals surface area contributed by atoms with Gasteiger partial charge in [0.25, 0.3) is 0 Å². The van der Waals surface area contributed by atoms with Crippen molar-refractivity contribution >= 4 is 27.4 Å². The molecular formula is C16H20BrN3. The molecule has 1 aromatic carbocycles. The SMILES string of the molecule is CCCN(Cc1ccccc1N)c1ncc(C)cc1Br. The molecule has 0 atom stereocenters. The third-order valence-electron chi connectivity index (χ3n) is 3.17. The van der Waals surface area contributed by atoms with Crippen LogP contribution in [0, 0.1) is 6.92 Å². The Balaban J connectivity index is 2.29. The van der Waals surface area contributed by atoms with Gasteiger partial charge in [-0.3, -0.25) is 0 Å². The fraction of sp³-hybridized carbons (Fsp3) is 0.312. The van der Waals surface area contributed by atoms with Gasteiger partial charge in [0.1, 0.15) is 5.82 Å². The molecule has 0 aliphatic heterocycles. The average molecular weight is 334 g/mol. The van der Waals surface area contributed by atoms with Crippen LogP contribution < -0.4 is 10.6 Å². The highest BCUT2D eigenvalue weighted by Crippen LogP contribution is 2.27. The molecule has 106 valence electrons. The Morgan fingerprint density at radius 3 is 2.70 bits per heavy atom. The van der Waals surface area contributed by atoms with E-state index in [1.165, 1.54) is 0 Å². The predicted octanol–water partition coefficient (Wildman–Crippen LogP) is 4.15. The minimum absolute atomic E-state index is 0.773. The summed E-state index contributed by atoms with van der Waals surface area (Å²) in [4.78, 5) is 6.82. The summed E-state index contributed by atoms with van der Waals surface area (Å²) in [7, 11) is 0. The van der Waals surface area contributed by atoms with Crippen molar-refractivity contribution in [3.63, 3.8) is 0 Å². The summed E-state index contributed by atoms with van der Waals surface area (Å²) in [6, 6.07) is 10.1. The van der Waals surface area contributed by atoms with Crippen LogP contribution in [0.25, 0.3) is 0 Å². The molecule has 20 heavy (non-hydrogen) atoms. The smallest absolute Gasteiger partial charge is 0.143 e. The molecule has 0 aliphatic carbocycles. The van der Waals surface area contributed by atoms with Crippen molar-refractivity contribution in [2.75, 3.05) is 17.2 Å². The Hall–Kier alpha value is -1.55. The van der Waals surface area contributed by atoms with E-state index in [9.17, 15) is 0 Å². The number of nitrogens with two attached hydrogens (primary N) is 1. The van der Waals surface area contributed by atoms with E-state index in [-0.39, 0.29) is 0 Å². The molecule has 0 aliphatic rings. The maximum absolute atomic E-state index is 6.05. The molecule has 2 N–H and O–H groups in total. The van der Waals surface area contributed by atoms with Gasteiger partial charge < -0.3 is 10.6 Å². The Labute approximate surface area is 129 Å².